The summed E-state index contributed by atoms with van der Waals surface area (Å²) in [4.78, 5) is 13.1. The molecule has 1 aromatic rings. The lowest BCUT2D eigenvalue weighted by atomic mass is 10.2. The van der Waals surface area contributed by atoms with Gasteiger partial charge in [0.15, 0.2) is 0 Å². The summed E-state index contributed by atoms with van der Waals surface area (Å²) < 4.78 is 12.6. The van der Waals surface area contributed by atoms with Crippen LogP contribution in [0.3, 0.4) is 0 Å². The summed E-state index contributed by atoms with van der Waals surface area (Å²) in [6.07, 6.45) is 0.286. The molecular formula is C11H15FN2O. The molecule has 1 unspecified atom stereocenters. The first-order valence-electron chi connectivity index (χ1n) is 4.78. The standard InChI is InChI=1S/C11H15FN2O/c1-8(13)7-11(15)14(2)10-5-3-9(12)4-6-10/h3-6,8H,7,13H2,1-2H3. The second-order valence-electron chi connectivity index (χ2n) is 3.61. The van der Waals surface area contributed by atoms with Crippen molar-refractivity contribution in [3.63, 3.8) is 0 Å². The first-order chi connectivity index (χ1) is 7.00. The van der Waals surface area contributed by atoms with Gasteiger partial charge in [-0.3, -0.25) is 4.79 Å². The molecule has 82 valence electrons. The van der Waals surface area contributed by atoms with E-state index in [0.29, 0.717) is 5.69 Å². The largest absolute Gasteiger partial charge is 0.327 e. The summed E-state index contributed by atoms with van der Waals surface area (Å²) in [6, 6.07) is 5.61. The van der Waals surface area contributed by atoms with Gasteiger partial charge < -0.3 is 10.6 Å². The highest BCUT2D eigenvalue weighted by Crippen LogP contribution is 2.14. The molecule has 1 aromatic carbocycles. The van der Waals surface area contributed by atoms with Gasteiger partial charge in [-0.1, -0.05) is 0 Å². The molecule has 4 heteroatoms. The Labute approximate surface area is 88.7 Å². The molecule has 0 aliphatic heterocycles. The molecule has 0 aromatic heterocycles. The fraction of sp³-hybridized carbons (Fsp3) is 0.364. The van der Waals surface area contributed by atoms with Crippen molar-refractivity contribution in [3.8, 4) is 0 Å². The van der Waals surface area contributed by atoms with E-state index >= 15 is 0 Å². The number of nitrogens with zero attached hydrogens (tertiary/aromatic N) is 1. The Morgan fingerprint density at radius 1 is 1.47 bits per heavy atom. The number of rotatable bonds is 3. The maximum Gasteiger partial charge on any atom is 0.228 e. The Kier molecular flexibility index (Phi) is 3.80. The molecule has 1 rings (SSSR count). The number of benzene rings is 1. The van der Waals surface area contributed by atoms with Gasteiger partial charge in [0.1, 0.15) is 5.82 Å². The van der Waals surface area contributed by atoms with Gasteiger partial charge in [0.2, 0.25) is 5.91 Å². The highest BCUT2D eigenvalue weighted by molar-refractivity contribution is 5.93. The van der Waals surface area contributed by atoms with Crippen LogP contribution in [0.4, 0.5) is 10.1 Å². The minimum Gasteiger partial charge on any atom is -0.327 e. The van der Waals surface area contributed by atoms with Crippen molar-refractivity contribution in [1.29, 1.82) is 0 Å². The molecule has 3 nitrogen and oxygen atoms in total. The zero-order chi connectivity index (χ0) is 11.4. The second kappa shape index (κ2) is 4.89. The summed E-state index contributed by atoms with van der Waals surface area (Å²) in [5.41, 5.74) is 6.19. The van der Waals surface area contributed by atoms with Gasteiger partial charge in [0.05, 0.1) is 0 Å². The van der Waals surface area contributed by atoms with Crippen molar-refractivity contribution in [2.75, 3.05) is 11.9 Å². The van der Waals surface area contributed by atoms with Crippen molar-refractivity contribution in [3.05, 3.63) is 30.1 Å². The van der Waals surface area contributed by atoms with Crippen molar-refractivity contribution in [2.24, 2.45) is 5.73 Å². The van der Waals surface area contributed by atoms with Crippen molar-refractivity contribution >= 4 is 11.6 Å². The molecule has 1 amide bonds. The molecule has 0 fully saturated rings. The lowest BCUT2D eigenvalue weighted by Gasteiger charge is -2.18. The molecule has 15 heavy (non-hydrogen) atoms. The molecular weight excluding hydrogens is 195 g/mol. The van der Waals surface area contributed by atoms with Gasteiger partial charge >= 0.3 is 0 Å². The van der Waals surface area contributed by atoms with Crippen LogP contribution in [0.15, 0.2) is 24.3 Å². The van der Waals surface area contributed by atoms with Crippen LogP contribution in [0, 0.1) is 5.82 Å². The molecule has 0 saturated carbocycles. The van der Waals surface area contributed by atoms with Crippen LogP contribution in [0.2, 0.25) is 0 Å². The normalized spacial score (nSPS) is 12.3. The van der Waals surface area contributed by atoms with E-state index in [1.165, 1.54) is 17.0 Å². The van der Waals surface area contributed by atoms with Gasteiger partial charge in [-0.05, 0) is 31.2 Å². The van der Waals surface area contributed by atoms with E-state index < -0.39 is 0 Å². The SMILES string of the molecule is CC(N)CC(=O)N(C)c1ccc(F)cc1. The van der Waals surface area contributed by atoms with E-state index in [2.05, 4.69) is 0 Å². The summed E-state index contributed by atoms with van der Waals surface area (Å²) in [5, 5.41) is 0. The Hall–Kier alpha value is -1.42. The molecule has 0 aliphatic carbocycles. The molecule has 1 atom stereocenters. The molecule has 2 N–H and O–H groups in total. The average molecular weight is 210 g/mol. The van der Waals surface area contributed by atoms with E-state index in [-0.39, 0.29) is 24.2 Å². The average Bonchev–Trinajstić information content (AvgIpc) is 2.17. The van der Waals surface area contributed by atoms with Gasteiger partial charge in [0.25, 0.3) is 0 Å². The number of nitrogens with two attached hydrogens (primary N) is 1. The number of hydrogen-bond acceptors (Lipinski definition) is 2. The van der Waals surface area contributed by atoms with Crippen LogP contribution in [0.1, 0.15) is 13.3 Å². The predicted octanol–water partition coefficient (Wildman–Crippen LogP) is 1.53. The first kappa shape index (κ1) is 11.7. The third-order valence-corrected chi connectivity index (χ3v) is 2.08. The predicted molar refractivity (Wildman–Crippen MR) is 58.1 cm³/mol. The van der Waals surface area contributed by atoms with Crippen LogP contribution in [0.25, 0.3) is 0 Å². The van der Waals surface area contributed by atoms with E-state index in [1.807, 2.05) is 0 Å². The van der Waals surface area contributed by atoms with Crippen molar-refractivity contribution in [2.45, 2.75) is 19.4 Å². The smallest absolute Gasteiger partial charge is 0.228 e. The second-order valence-corrected chi connectivity index (χ2v) is 3.61. The minimum absolute atomic E-state index is 0.0726. The minimum atomic E-state index is -0.313. The van der Waals surface area contributed by atoms with E-state index in [1.54, 1.807) is 26.1 Å². The van der Waals surface area contributed by atoms with E-state index in [0.717, 1.165) is 0 Å². The van der Waals surface area contributed by atoms with Crippen molar-refractivity contribution in [1.82, 2.24) is 0 Å². The lowest BCUT2D eigenvalue weighted by Crippen LogP contribution is -2.31. The number of amides is 1. The molecule has 0 saturated heterocycles. The Balaban J connectivity index is 2.71. The molecule has 0 heterocycles. The summed E-state index contributed by atoms with van der Waals surface area (Å²) >= 11 is 0. The number of hydrogen-bond donors (Lipinski definition) is 1. The maximum atomic E-state index is 12.6. The first-order valence-corrected chi connectivity index (χ1v) is 4.78. The van der Waals surface area contributed by atoms with Gasteiger partial charge in [-0.15, -0.1) is 0 Å². The molecule has 0 spiro atoms. The highest BCUT2D eigenvalue weighted by Gasteiger charge is 2.12. The number of carbonyl (C=O) groups excluding carboxylic acids is 1. The third-order valence-electron chi connectivity index (χ3n) is 2.08. The molecule has 0 aliphatic rings. The monoisotopic (exact) mass is 210 g/mol. The van der Waals surface area contributed by atoms with E-state index in [9.17, 15) is 9.18 Å². The van der Waals surface area contributed by atoms with Crippen LogP contribution < -0.4 is 10.6 Å². The summed E-state index contributed by atoms with van der Waals surface area (Å²) in [6.45, 7) is 1.77. The van der Waals surface area contributed by atoms with Gasteiger partial charge in [0, 0.05) is 25.2 Å². The van der Waals surface area contributed by atoms with E-state index in [4.69, 9.17) is 5.73 Å². The van der Waals surface area contributed by atoms with Gasteiger partial charge in [-0.2, -0.15) is 0 Å². The topological polar surface area (TPSA) is 46.3 Å². The Morgan fingerprint density at radius 2 is 2.00 bits per heavy atom. The van der Waals surface area contributed by atoms with Crippen LogP contribution >= 0.6 is 0 Å². The summed E-state index contributed by atoms with van der Waals surface area (Å²) in [5.74, 6) is -0.386. The number of carbonyl (C=O) groups is 1. The zero-order valence-electron chi connectivity index (χ0n) is 8.90. The van der Waals surface area contributed by atoms with Crippen LogP contribution in [0.5, 0.6) is 0 Å². The van der Waals surface area contributed by atoms with Gasteiger partial charge in [-0.25, -0.2) is 4.39 Å². The van der Waals surface area contributed by atoms with Crippen molar-refractivity contribution < 1.29 is 9.18 Å². The Morgan fingerprint density at radius 3 is 2.47 bits per heavy atom. The highest BCUT2D eigenvalue weighted by atomic mass is 19.1. The van der Waals surface area contributed by atoms with Crippen LogP contribution in [-0.4, -0.2) is 19.0 Å². The number of anilines is 1. The molecule has 0 bridgehead atoms. The third kappa shape index (κ3) is 3.32. The maximum absolute atomic E-state index is 12.6. The lowest BCUT2D eigenvalue weighted by molar-refractivity contribution is -0.118. The quantitative estimate of drug-likeness (QED) is 0.822. The molecule has 0 radical (unpaired) electrons. The van der Waals surface area contributed by atoms with Crippen LogP contribution in [-0.2, 0) is 4.79 Å². The summed E-state index contributed by atoms with van der Waals surface area (Å²) in [7, 11) is 1.65. The fourth-order valence-electron chi connectivity index (χ4n) is 1.22. The fourth-order valence-corrected chi connectivity index (χ4v) is 1.22. The zero-order valence-corrected chi connectivity index (χ0v) is 8.90. The number of halogens is 1. The Bertz CT molecular complexity index is 335.